The van der Waals surface area contributed by atoms with Crippen molar-refractivity contribution in [2.24, 2.45) is 0 Å². The lowest BCUT2D eigenvalue weighted by atomic mass is 9.93. The van der Waals surface area contributed by atoms with E-state index < -0.39 is 0 Å². The normalized spacial score (nSPS) is 10.2. The van der Waals surface area contributed by atoms with E-state index in [1.807, 2.05) is 6.92 Å². The van der Waals surface area contributed by atoms with Gasteiger partial charge in [-0.25, -0.2) is 4.98 Å². The Morgan fingerprint density at radius 2 is 2.38 bits per heavy atom. The van der Waals surface area contributed by atoms with Gasteiger partial charge in [-0.15, -0.1) is 0 Å². The maximum absolute atomic E-state index is 8.77. The number of fused-ring (bicyclic) bond motifs is 1. The van der Waals surface area contributed by atoms with Crippen LogP contribution in [0.2, 0.25) is 0 Å². The molecule has 2 heterocycles. The molecular formula is C9H6BN3. The number of pyridine rings is 1. The van der Waals surface area contributed by atoms with Crippen LogP contribution in [0, 0.1) is 18.3 Å². The molecule has 0 unspecified atom stereocenters. The summed E-state index contributed by atoms with van der Waals surface area (Å²) in [6, 6.07) is 2.07. The van der Waals surface area contributed by atoms with E-state index in [2.05, 4.69) is 16.0 Å². The minimum atomic E-state index is 0.568. The van der Waals surface area contributed by atoms with Crippen LogP contribution in [0.1, 0.15) is 11.1 Å². The highest BCUT2D eigenvalue weighted by molar-refractivity contribution is 6.39. The Balaban J connectivity index is 2.93. The second-order valence-electron chi connectivity index (χ2n) is 2.88. The van der Waals surface area contributed by atoms with Crippen LogP contribution in [-0.2, 0) is 0 Å². The number of nitrogens with zero attached hydrogens (tertiary/aromatic N) is 2. The van der Waals surface area contributed by atoms with Crippen LogP contribution in [-0.4, -0.2) is 17.8 Å². The second kappa shape index (κ2) is 2.63. The van der Waals surface area contributed by atoms with Gasteiger partial charge in [0, 0.05) is 11.6 Å². The SMILES string of the molecule is [B]c1c[nH]c2ncc(C#N)c(C)c12. The topological polar surface area (TPSA) is 52.5 Å². The molecule has 13 heavy (non-hydrogen) atoms. The van der Waals surface area contributed by atoms with Gasteiger partial charge in [-0.05, 0) is 18.7 Å². The van der Waals surface area contributed by atoms with Gasteiger partial charge in [0.1, 0.15) is 19.6 Å². The average molecular weight is 167 g/mol. The third kappa shape index (κ3) is 1.01. The van der Waals surface area contributed by atoms with Gasteiger partial charge in [0.05, 0.1) is 5.56 Å². The summed E-state index contributed by atoms with van der Waals surface area (Å²) in [6.45, 7) is 1.87. The van der Waals surface area contributed by atoms with Gasteiger partial charge >= 0.3 is 0 Å². The molecule has 0 aliphatic rings. The second-order valence-corrected chi connectivity index (χ2v) is 2.88. The van der Waals surface area contributed by atoms with E-state index in [4.69, 9.17) is 13.1 Å². The predicted octanol–water partition coefficient (Wildman–Crippen LogP) is 0.537. The highest BCUT2D eigenvalue weighted by Gasteiger charge is 2.06. The lowest BCUT2D eigenvalue weighted by molar-refractivity contribution is 1.28. The molecule has 0 aromatic carbocycles. The number of aromatic amines is 1. The molecule has 0 amide bonds. The number of aromatic nitrogens is 2. The Labute approximate surface area is 76.8 Å². The summed E-state index contributed by atoms with van der Waals surface area (Å²) in [5.41, 5.74) is 2.82. The predicted molar refractivity (Wildman–Crippen MR) is 50.9 cm³/mol. The fourth-order valence-electron chi connectivity index (χ4n) is 1.40. The summed E-state index contributed by atoms with van der Waals surface area (Å²) >= 11 is 0. The largest absolute Gasteiger partial charge is 0.347 e. The first kappa shape index (κ1) is 7.87. The lowest BCUT2D eigenvalue weighted by Crippen LogP contribution is -2.00. The maximum Gasteiger partial charge on any atom is 0.136 e. The third-order valence-corrected chi connectivity index (χ3v) is 2.11. The van der Waals surface area contributed by atoms with Crippen molar-refractivity contribution in [2.45, 2.75) is 6.92 Å². The van der Waals surface area contributed by atoms with Gasteiger partial charge in [0.15, 0.2) is 0 Å². The van der Waals surface area contributed by atoms with Crippen molar-refractivity contribution < 1.29 is 0 Å². The van der Waals surface area contributed by atoms with Crippen LogP contribution < -0.4 is 5.46 Å². The van der Waals surface area contributed by atoms with Crippen molar-refractivity contribution in [3.63, 3.8) is 0 Å². The number of hydrogen-bond donors (Lipinski definition) is 1. The molecule has 0 atom stereocenters. The third-order valence-electron chi connectivity index (χ3n) is 2.11. The van der Waals surface area contributed by atoms with Gasteiger partial charge in [-0.1, -0.05) is 5.46 Å². The van der Waals surface area contributed by atoms with Crippen molar-refractivity contribution in [1.82, 2.24) is 9.97 Å². The van der Waals surface area contributed by atoms with E-state index in [9.17, 15) is 0 Å². The van der Waals surface area contributed by atoms with Crippen molar-refractivity contribution in [3.8, 4) is 6.07 Å². The molecule has 0 fully saturated rings. The van der Waals surface area contributed by atoms with Crippen LogP contribution in [0.5, 0.6) is 0 Å². The molecule has 1 N–H and O–H groups in total. The lowest BCUT2D eigenvalue weighted by Gasteiger charge is -1.99. The summed E-state index contributed by atoms with van der Waals surface area (Å²) in [5.74, 6) is 0. The molecular weight excluding hydrogens is 161 g/mol. The standard InChI is InChI=1S/C9H6BN3/c1-5-6(2-11)3-12-9-8(5)7(10)4-13-9/h3-4H,1H3,(H,12,13). The van der Waals surface area contributed by atoms with E-state index >= 15 is 0 Å². The van der Waals surface area contributed by atoms with Gasteiger partial charge in [-0.2, -0.15) is 5.26 Å². The number of H-pyrrole nitrogens is 1. The Hall–Kier alpha value is -1.76. The van der Waals surface area contributed by atoms with Crippen molar-refractivity contribution in [1.29, 1.82) is 5.26 Å². The minimum absolute atomic E-state index is 0.568. The summed E-state index contributed by atoms with van der Waals surface area (Å²) in [6.07, 6.45) is 3.24. The molecule has 60 valence electrons. The smallest absolute Gasteiger partial charge is 0.136 e. The van der Waals surface area contributed by atoms with Gasteiger partial charge in [-0.3, -0.25) is 0 Å². The summed E-state index contributed by atoms with van der Waals surface area (Å²) in [5, 5.41) is 9.61. The molecule has 0 saturated carbocycles. The number of nitrogens with one attached hydrogen (secondary N) is 1. The summed E-state index contributed by atoms with van der Waals surface area (Å²) in [4.78, 5) is 7.01. The maximum atomic E-state index is 8.77. The van der Waals surface area contributed by atoms with E-state index in [0.29, 0.717) is 11.0 Å². The van der Waals surface area contributed by atoms with Gasteiger partial charge < -0.3 is 4.98 Å². The van der Waals surface area contributed by atoms with Crippen molar-refractivity contribution in [3.05, 3.63) is 23.5 Å². The highest BCUT2D eigenvalue weighted by atomic mass is 14.8. The van der Waals surface area contributed by atoms with Gasteiger partial charge in [0.2, 0.25) is 0 Å². The molecule has 2 rings (SSSR count). The summed E-state index contributed by atoms with van der Waals surface area (Å²) in [7, 11) is 5.72. The number of hydrogen-bond acceptors (Lipinski definition) is 2. The van der Waals surface area contributed by atoms with Crippen molar-refractivity contribution in [2.75, 3.05) is 0 Å². The van der Waals surface area contributed by atoms with Crippen LogP contribution >= 0.6 is 0 Å². The van der Waals surface area contributed by atoms with Gasteiger partial charge in [0.25, 0.3) is 0 Å². The van der Waals surface area contributed by atoms with Crippen molar-refractivity contribution >= 4 is 24.3 Å². The molecule has 0 aliphatic heterocycles. The van der Waals surface area contributed by atoms with Crippen LogP contribution in [0.3, 0.4) is 0 Å². The Kier molecular flexibility index (Phi) is 1.59. The molecule has 2 aromatic rings. The molecule has 0 spiro atoms. The first-order valence-corrected chi connectivity index (χ1v) is 3.86. The van der Waals surface area contributed by atoms with Crippen LogP contribution in [0.25, 0.3) is 11.0 Å². The first-order chi connectivity index (χ1) is 6.24. The van der Waals surface area contributed by atoms with E-state index in [1.54, 1.807) is 12.4 Å². The Morgan fingerprint density at radius 1 is 1.62 bits per heavy atom. The molecule has 2 radical (unpaired) electrons. The molecule has 3 nitrogen and oxygen atoms in total. The molecule has 4 heteroatoms. The number of nitriles is 1. The minimum Gasteiger partial charge on any atom is -0.347 e. The molecule has 0 bridgehead atoms. The van der Waals surface area contributed by atoms with Crippen LogP contribution in [0.15, 0.2) is 12.4 Å². The monoisotopic (exact) mass is 167 g/mol. The fourth-order valence-corrected chi connectivity index (χ4v) is 1.40. The Bertz CT molecular complexity index is 507. The molecule has 2 aromatic heterocycles. The fraction of sp³-hybridized carbons (Fsp3) is 0.111. The quantitative estimate of drug-likeness (QED) is 0.582. The average Bonchev–Trinajstić information content (AvgIpc) is 2.49. The number of aryl methyl sites for hydroxylation is 1. The van der Waals surface area contributed by atoms with E-state index in [-0.39, 0.29) is 0 Å². The highest BCUT2D eigenvalue weighted by Crippen LogP contribution is 2.15. The van der Waals surface area contributed by atoms with E-state index in [0.717, 1.165) is 16.6 Å². The zero-order valence-corrected chi connectivity index (χ0v) is 7.13. The number of rotatable bonds is 0. The molecule has 0 aliphatic carbocycles. The summed E-state index contributed by atoms with van der Waals surface area (Å²) < 4.78 is 0. The molecule has 0 saturated heterocycles. The van der Waals surface area contributed by atoms with E-state index in [1.165, 1.54) is 0 Å². The first-order valence-electron chi connectivity index (χ1n) is 3.86. The Morgan fingerprint density at radius 3 is 3.08 bits per heavy atom. The van der Waals surface area contributed by atoms with Crippen LogP contribution in [0.4, 0.5) is 0 Å². The zero-order chi connectivity index (χ0) is 9.42. The zero-order valence-electron chi connectivity index (χ0n) is 7.13.